The standard InChI is InChI=1S/C9H11ClN2O2/c10-6-3-1-2-5(9(6)12)7(11)4-8(13)14/h1-3,7H,4,11-12H2,(H,13,14)/t7-/m1/s1. The molecule has 1 aromatic rings. The van der Waals surface area contributed by atoms with Gasteiger partial charge in [-0.05, 0) is 11.6 Å². The number of nitrogen functional groups attached to an aromatic ring is 1. The van der Waals surface area contributed by atoms with Gasteiger partial charge in [0.2, 0.25) is 0 Å². The normalized spacial score (nSPS) is 12.4. The summed E-state index contributed by atoms with van der Waals surface area (Å²) in [6.07, 6.45) is -0.162. The molecule has 0 aliphatic carbocycles. The van der Waals surface area contributed by atoms with E-state index in [2.05, 4.69) is 0 Å². The van der Waals surface area contributed by atoms with Gasteiger partial charge in [-0.25, -0.2) is 0 Å². The molecule has 0 heterocycles. The lowest BCUT2D eigenvalue weighted by Crippen LogP contribution is -2.16. The Morgan fingerprint density at radius 2 is 2.21 bits per heavy atom. The first-order valence-corrected chi connectivity index (χ1v) is 4.41. The molecule has 1 atom stereocenters. The van der Waals surface area contributed by atoms with E-state index in [0.29, 0.717) is 16.3 Å². The molecule has 4 nitrogen and oxygen atoms in total. The van der Waals surface area contributed by atoms with Crippen molar-refractivity contribution >= 4 is 23.3 Å². The monoisotopic (exact) mass is 214 g/mol. The Morgan fingerprint density at radius 3 is 2.79 bits per heavy atom. The van der Waals surface area contributed by atoms with Gasteiger partial charge in [0.1, 0.15) is 0 Å². The van der Waals surface area contributed by atoms with Crippen LogP contribution in [0.1, 0.15) is 18.0 Å². The maximum absolute atomic E-state index is 10.4. The Bertz CT molecular complexity index is 355. The average molecular weight is 215 g/mol. The van der Waals surface area contributed by atoms with Gasteiger partial charge in [-0.2, -0.15) is 0 Å². The zero-order chi connectivity index (χ0) is 10.7. The first-order valence-electron chi connectivity index (χ1n) is 4.03. The number of nitrogens with two attached hydrogens (primary N) is 2. The second-order valence-corrected chi connectivity index (χ2v) is 3.35. The van der Waals surface area contributed by atoms with E-state index < -0.39 is 12.0 Å². The van der Waals surface area contributed by atoms with E-state index in [0.717, 1.165) is 0 Å². The molecule has 0 radical (unpaired) electrons. The van der Waals surface area contributed by atoms with Crippen molar-refractivity contribution in [1.29, 1.82) is 0 Å². The third-order valence-electron chi connectivity index (χ3n) is 1.88. The largest absolute Gasteiger partial charge is 0.481 e. The number of benzene rings is 1. The molecule has 1 aromatic carbocycles. The Morgan fingerprint density at radius 1 is 1.57 bits per heavy atom. The third-order valence-corrected chi connectivity index (χ3v) is 2.21. The average Bonchev–Trinajstić information content (AvgIpc) is 2.08. The summed E-state index contributed by atoms with van der Waals surface area (Å²) in [7, 11) is 0. The van der Waals surface area contributed by atoms with Crippen molar-refractivity contribution in [2.75, 3.05) is 5.73 Å². The van der Waals surface area contributed by atoms with Crippen LogP contribution in [-0.4, -0.2) is 11.1 Å². The SMILES string of the molecule is Nc1c(Cl)cccc1[C@H](N)CC(=O)O. The molecule has 0 saturated heterocycles. The zero-order valence-electron chi connectivity index (χ0n) is 7.40. The van der Waals surface area contributed by atoms with Gasteiger partial charge in [0, 0.05) is 6.04 Å². The van der Waals surface area contributed by atoms with Crippen molar-refractivity contribution in [2.45, 2.75) is 12.5 Å². The van der Waals surface area contributed by atoms with Crippen molar-refractivity contribution in [3.8, 4) is 0 Å². The van der Waals surface area contributed by atoms with Gasteiger partial charge < -0.3 is 16.6 Å². The molecular weight excluding hydrogens is 204 g/mol. The first kappa shape index (κ1) is 10.8. The molecule has 0 aromatic heterocycles. The third kappa shape index (κ3) is 2.37. The number of hydrogen-bond donors (Lipinski definition) is 3. The number of anilines is 1. The molecule has 0 unspecified atom stereocenters. The fraction of sp³-hybridized carbons (Fsp3) is 0.222. The second kappa shape index (κ2) is 4.30. The van der Waals surface area contributed by atoms with Crippen molar-refractivity contribution in [2.24, 2.45) is 5.73 Å². The number of aliphatic carboxylic acids is 1. The number of halogens is 1. The fourth-order valence-corrected chi connectivity index (χ4v) is 1.36. The summed E-state index contributed by atoms with van der Waals surface area (Å²) in [5, 5.41) is 8.94. The molecule has 14 heavy (non-hydrogen) atoms. The van der Waals surface area contributed by atoms with Gasteiger partial charge in [-0.15, -0.1) is 0 Å². The summed E-state index contributed by atoms with van der Waals surface area (Å²) < 4.78 is 0. The van der Waals surface area contributed by atoms with Gasteiger partial charge in [0.15, 0.2) is 0 Å². The van der Waals surface area contributed by atoms with Gasteiger partial charge in [-0.1, -0.05) is 23.7 Å². The lowest BCUT2D eigenvalue weighted by molar-refractivity contribution is -0.137. The summed E-state index contributed by atoms with van der Waals surface area (Å²) in [4.78, 5) is 10.4. The summed E-state index contributed by atoms with van der Waals surface area (Å²) in [5.74, 6) is -0.961. The Hall–Kier alpha value is -1.26. The Balaban J connectivity index is 2.95. The molecule has 5 heteroatoms. The quantitative estimate of drug-likeness (QED) is 0.664. The minimum Gasteiger partial charge on any atom is -0.481 e. The van der Waals surface area contributed by atoms with Crippen LogP contribution in [0, 0.1) is 0 Å². The van der Waals surface area contributed by atoms with Crippen LogP contribution in [0.5, 0.6) is 0 Å². The highest BCUT2D eigenvalue weighted by Gasteiger charge is 2.14. The van der Waals surface area contributed by atoms with Gasteiger partial charge in [0.05, 0.1) is 17.1 Å². The zero-order valence-corrected chi connectivity index (χ0v) is 8.16. The van der Waals surface area contributed by atoms with Crippen LogP contribution in [0.15, 0.2) is 18.2 Å². The molecule has 0 aliphatic heterocycles. The lowest BCUT2D eigenvalue weighted by atomic mass is 10.0. The van der Waals surface area contributed by atoms with Crippen LogP contribution in [0.4, 0.5) is 5.69 Å². The van der Waals surface area contributed by atoms with E-state index in [9.17, 15) is 4.79 Å². The van der Waals surface area contributed by atoms with Crippen LogP contribution in [0.25, 0.3) is 0 Å². The topological polar surface area (TPSA) is 89.3 Å². The molecule has 0 spiro atoms. The number of carbonyl (C=O) groups is 1. The van der Waals surface area contributed by atoms with E-state index in [4.69, 9.17) is 28.2 Å². The van der Waals surface area contributed by atoms with E-state index in [-0.39, 0.29) is 6.42 Å². The van der Waals surface area contributed by atoms with Gasteiger partial charge >= 0.3 is 5.97 Å². The molecule has 1 rings (SSSR count). The molecule has 0 amide bonds. The number of carboxylic acid groups (broad SMARTS) is 1. The van der Waals surface area contributed by atoms with Crippen LogP contribution in [0.3, 0.4) is 0 Å². The molecule has 0 saturated carbocycles. The summed E-state index contributed by atoms with van der Waals surface area (Å²) in [5.41, 5.74) is 12.2. The fourth-order valence-electron chi connectivity index (χ4n) is 1.18. The summed E-state index contributed by atoms with van der Waals surface area (Å²) >= 11 is 5.77. The minimum absolute atomic E-state index is 0.162. The van der Waals surface area contributed by atoms with Gasteiger partial charge in [-0.3, -0.25) is 4.79 Å². The summed E-state index contributed by atoms with van der Waals surface area (Å²) in [6.45, 7) is 0. The van der Waals surface area contributed by atoms with Crippen LogP contribution >= 0.6 is 11.6 Å². The lowest BCUT2D eigenvalue weighted by Gasteiger charge is -2.12. The van der Waals surface area contributed by atoms with Gasteiger partial charge in [0.25, 0.3) is 0 Å². The maximum atomic E-state index is 10.4. The van der Waals surface area contributed by atoms with Crippen LogP contribution < -0.4 is 11.5 Å². The predicted octanol–water partition coefficient (Wildman–Crippen LogP) is 1.40. The smallest absolute Gasteiger partial charge is 0.305 e. The molecule has 5 N–H and O–H groups in total. The highest BCUT2D eigenvalue weighted by molar-refractivity contribution is 6.33. The van der Waals surface area contributed by atoms with Crippen molar-refractivity contribution in [3.63, 3.8) is 0 Å². The van der Waals surface area contributed by atoms with E-state index >= 15 is 0 Å². The second-order valence-electron chi connectivity index (χ2n) is 2.95. The van der Waals surface area contributed by atoms with E-state index in [1.54, 1.807) is 18.2 Å². The van der Waals surface area contributed by atoms with E-state index in [1.165, 1.54) is 0 Å². The van der Waals surface area contributed by atoms with Crippen LogP contribution in [-0.2, 0) is 4.79 Å². The molecule has 0 fully saturated rings. The highest BCUT2D eigenvalue weighted by Crippen LogP contribution is 2.27. The molecular formula is C9H11ClN2O2. The number of carboxylic acids is 1. The number of para-hydroxylation sites is 1. The minimum atomic E-state index is -0.961. The van der Waals surface area contributed by atoms with Crippen LogP contribution in [0.2, 0.25) is 5.02 Å². The molecule has 76 valence electrons. The van der Waals surface area contributed by atoms with Crippen molar-refractivity contribution in [1.82, 2.24) is 0 Å². The number of hydrogen-bond acceptors (Lipinski definition) is 3. The summed E-state index contributed by atoms with van der Waals surface area (Å²) in [6, 6.07) is 4.38. The highest BCUT2D eigenvalue weighted by atomic mass is 35.5. The maximum Gasteiger partial charge on any atom is 0.305 e. The van der Waals surface area contributed by atoms with Crippen molar-refractivity contribution < 1.29 is 9.90 Å². The van der Waals surface area contributed by atoms with Crippen molar-refractivity contribution in [3.05, 3.63) is 28.8 Å². The molecule has 0 bridgehead atoms. The predicted molar refractivity (Wildman–Crippen MR) is 55.0 cm³/mol. The Labute approximate surface area is 86.5 Å². The Kier molecular flexibility index (Phi) is 3.33. The molecule has 0 aliphatic rings. The van der Waals surface area contributed by atoms with E-state index in [1.807, 2.05) is 0 Å². The number of rotatable bonds is 3. The first-order chi connectivity index (χ1) is 6.52.